The van der Waals surface area contributed by atoms with Crippen LogP contribution in [0.2, 0.25) is 0 Å². The van der Waals surface area contributed by atoms with E-state index in [1.165, 1.54) is 16.6 Å². The van der Waals surface area contributed by atoms with Crippen molar-refractivity contribution in [1.29, 1.82) is 5.41 Å². The van der Waals surface area contributed by atoms with Crippen LogP contribution in [0.3, 0.4) is 0 Å². The van der Waals surface area contributed by atoms with Crippen LogP contribution in [0.25, 0.3) is 0 Å². The minimum Gasteiger partial charge on any atom is -0.468 e. The number of hydrogen-bond donors (Lipinski definition) is 1. The highest BCUT2D eigenvalue weighted by Gasteiger charge is 2.65. The van der Waals surface area contributed by atoms with Gasteiger partial charge in [0.1, 0.15) is 11.2 Å². The van der Waals surface area contributed by atoms with Crippen LogP contribution in [0.15, 0.2) is 47.8 Å². The number of anilines is 1. The van der Waals surface area contributed by atoms with Gasteiger partial charge in [0.2, 0.25) is 11.8 Å². The fraction of sp³-hybridized carbons (Fsp3) is 0.304. The molecule has 2 aromatic rings. The Morgan fingerprint density at radius 3 is 2.71 bits per heavy atom. The van der Waals surface area contributed by atoms with E-state index >= 15 is 0 Å². The Labute approximate surface area is 179 Å². The maximum Gasteiger partial charge on any atom is 0.319 e. The minimum absolute atomic E-state index is 0.0513. The topological polar surface area (TPSA) is 102 Å². The summed E-state index contributed by atoms with van der Waals surface area (Å²) in [5.74, 6) is -3.06. The molecule has 1 aromatic heterocycles. The molecular formula is C23H23N3O5. The molecule has 31 heavy (non-hydrogen) atoms. The van der Waals surface area contributed by atoms with E-state index in [2.05, 4.69) is 6.58 Å². The number of amides is 1. The van der Waals surface area contributed by atoms with Crippen LogP contribution in [0.5, 0.6) is 5.75 Å². The van der Waals surface area contributed by atoms with Crippen LogP contribution in [0.1, 0.15) is 23.7 Å². The Balaban J connectivity index is 2.20. The van der Waals surface area contributed by atoms with Crippen molar-refractivity contribution < 1.29 is 19.1 Å². The summed E-state index contributed by atoms with van der Waals surface area (Å²) in [6.45, 7) is 7.87. The van der Waals surface area contributed by atoms with E-state index in [1.807, 2.05) is 6.92 Å². The highest BCUT2D eigenvalue weighted by molar-refractivity contribution is 6.18. The number of ether oxygens (including phenoxy) is 2. The Hall–Kier alpha value is -3.68. The van der Waals surface area contributed by atoms with Crippen molar-refractivity contribution in [2.75, 3.05) is 18.6 Å². The van der Waals surface area contributed by atoms with Gasteiger partial charge in [-0.3, -0.25) is 19.8 Å². The monoisotopic (exact) mass is 421 g/mol. The lowest BCUT2D eigenvalue weighted by atomic mass is 9.64. The zero-order valence-corrected chi connectivity index (χ0v) is 17.6. The molecule has 0 saturated heterocycles. The molecule has 3 heterocycles. The number of nitrogens with zero attached hydrogens (tertiary/aromatic N) is 2. The first-order valence-electron chi connectivity index (χ1n) is 9.95. The molecular weight excluding hydrogens is 398 g/mol. The molecule has 2 atom stereocenters. The first-order chi connectivity index (χ1) is 14.8. The van der Waals surface area contributed by atoms with Gasteiger partial charge in [-0.25, -0.2) is 0 Å². The summed E-state index contributed by atoms with van der Waals surface area (Å²) in [7, 11) is 1.19. The summed E-state index contributed by atoms with van der Waals surface area (Å²) >= 11 is 0. The third-order valence-electron chi connectivity index (χ3n) is 6.05. The summed E-state index contributed by atoms with van der Waals surface area (Å²) in [5.41, 5.74) is -0.482. The molecule has 0 aliphatic carbocycles. The predicted molar refractivity (Wildman–Crippen MR) is 115 cm³/mol. The van der Waals surface area contributed by atoms with Crippen molar-refractivity contribution in [3.8, 4) is 5.75 Å². The van der Waals surface area contributed by atoms with Crippen LogP contribution in [-0.2, 0) is 26.3 Å². The Morgan fingerprint density at radius 2 is 2.06 bits per heavy atom. The van der Waals surface area contributed by atoms with Crippen molar-refractivity contribution >= 4 is 23.5 Å². The fourth-order valence-corrected chi connectivity index (χ4v) is 4.81. The van der Waals surface area contributed by atoms with E-state index in [1.54, 1.807) is 43.3 Å². The number of hydrogen-bond acceptors (Lipinski definition) is 6. The van der Waals surface area contributed by atoms with Gasteiger partial charge in [0.25, 0.3) is 5.56 Å². The Morgan fingerprint density at radius 1 is 1.35 bits per heavy atom. The average Bonchev–Trinajstić information content (AvgIpc) is 2.97. The lowest BCUT2D eigenvalue weighted by Gasteiger charge is -2.39. The SMILES string of the molecule is C=CCN1C(=O)C2(c3ccccc31)c1c(cc(C)n(CC)c1=O)OC(=N)C2C(=O)OC. The summed E-state index contributed by atoms with van der Waals surface area (Å²) < 4.78 is 12.2. The minimum atomic E-state index is -1.76. The lowest BCUT2D eigenvalue weighted by Crippen LogP contribution is -2.58. The van der Waals surface area contributed by atoms with Crippen LogP contribution >= 0.6 is 0 Å². The van der Waals surface area contributed by atoms with Crippen LogP contribution < -0.4 is 15.2 Å². The van der Waals surface area contributed by atoms with E-state index in [-0.39, 0.29) is 17.9 Å². The van der Waals surface area contributed by atoms with Gasteiger partial charge in [-0.15, -0.1) is 6.58 Å². The third-order valence-corrected chi connectivity index (χ3v) is 6.05. The number of para-hydroxylation sites is 1. The molecule has 0 saturated carbocycles. The highest BCUT2D eigenvalue weighted by atomic mass is 16.5. The molecule has 1 aromatic carbocycles. The van der Waals surface area contributed by atoms with Gasteiger partial charge in [0, 0.05) is 30.5 Å². The summed E-state index contributed by atoms with van der Waals surface area (Å²) in [6.07, 6.45) is 1.58. The zero-order chi connectivity index (χ0) is 22.5. The molecule has 160 valence electrons. The molecule has 0 fully saturated rings. The third kappa shape index (κ3) is 2.54. The maximum absolute atomic E-state index is 14.1. The number of carbonyl (C=O) groups is 2. The second-order valence-corrected chi connectivity index (χ2v) is 7.53. The lowest BCUT2D eigenvalue weighted by molar-refractivity contribution is -0.147. The van der Waals surface area contributed by atoms with Crippen LogP contribution in [0.4, 0.5) is 5.69 Å². The van der Waals surface area contributed by atoms with Gasteiger partial charge in [-0.2, -0.15) is 0 Å². The Kier molecular flexibility index (Phi) is 4.80. The first kappa shape index (κ1) is 20.6. The number of esters is 1. The van der Waals surface area contributed by atoms with Crippen molar-refractivity contribution in [2.24, 2.45) is 5.92 Å². The summed E-state index contributed by atoms with van der Waals surface area (Å²) in [5, 5.41) is 8.52. The standard InChI is InChI=1S/C23H23N3O5/c1-5-11-26-15-10-8-7-9-14(15)23(22(26)29)17-16(12-13(3)25(6-2)20(17)27)31-19(24)18(23)21(28)30-4/h5,7-10,12,18,24H,1,6,11H2,2-4H3. The molecule has 1 amide bonds. The van der Waals surface area contributed by atoms with E-state index in [4.69, 9.17) is 14.9 Å². The molecule has 2 aliphatic heterocycles. The van der Waals surface area contributed by atoms with Gasteiger partial charge < -0.3 is 18.9 Å². The number of aryl methyl sites for hydroxylation is 1. The number of nitrogens with one attached hydrogen (secondary N) is 1. The van der Waals surface area contributed by atoms with E-state index in [0.717, 1.165) is 0 Å². The summed E-state index contributed by atoms with van der Waals surface area (Å²) in [4.78, 5) is 42.2. The molecule has 1 spiro atoms. The molecule has 4 rings (SSSR count). The van der Waals surface area contributed by atoms with Gasteiger partial charge >= 0.3 is 5.97 Å². The number of pyridine rings is 1. The second kappa shape index (κ2) is 7.23. The van der Waals surface area contributed by atoms with Gasteiger partial charge in [-0.1, -0.05) is 24.3 Å². The predicted octanol–water partition coefficient (Wildman–Crippen LogP) is 2.15. The van der Waals surface area contributed by atoms with Gasteiger partial charge in [0.05, 0.1) is 12.7 Å². The van der Waals surface area contributed by atoms with Gasteiger partial charge in [0.15, 0.2) is 5.92 Å². The molecule has 1 N–H and O–H groups in total. The fourth-order valence-electron chi connectivity index (χ4n) is 4.81. The number of rotatable bonds is 4. The summed E-state index contributed by atoms with van der Waals surface area (Å²) in [6, 6.07) is 8.62. The largest absolute Gasteiger partial charge is 0.468 e. The smallest absolute Gasteiger partial charge is 0.319 e. The number of benzene rings is 1. The molecule has 8 heteroatoms. The number of carbonyl (C=O) groups excluding carboxylic acids is 2. The van der Waals surface area contributed by atoms with E-state index in [9.17, 15) is 14.4 Å². The molecule has 0 radical (unpaired) electrons. The number of fused-ring (bicyclic) bond motifs is 4. The Bertz CT molecular complexity index is 1200. The second-order valence-electron chi connectivity index (χ2n) is 7.53. The van der Waals surface area contributed by atoms with E-state index < -0.39 is 34.7 Å². The van der Waals surface area contributed by atoms with Gasteiger partial charge in [-0.05, 0) is 25.5 Å². The molecule has 2 aliphatic rings. The zero-order valence-electron chi connectivity index (χ0n) is 17.6. The van der Waals surface area contributed by atoms with Crippen molar-refractivity contribution in [3.63, 3.8) is 0 Å². The molecule has 0 bridgehead atoms. The molecule has 8 nitrogen and oxygen atoms in total. The normalized spacial score (nSPS) is 21.5. The van der Waals surface area contributed by atoms with Crippen molar-refractivity contribution in [1.82, 2.24) is 4.57 Å². The quantitative estimate of drug-likeness (QED) is 0.602. The number of aromatic nitrogens is 1. The number of methoxy groups -OCH3 is 1. The van der Waals surface area contributed by atoms with Crippen molar-refractivity contribution in [3.05, 3.63) is 70.2 Å². The first-order valence-corrected chi connectivity index (χ1v) is 9.95. The van der Waals surface area contributed by atoms with Crippen LogP contribution in [-0.4, -0.2) is 36.0 Å². The van der Waals surface area contributed by atoms with Crippen molar-refractivity contribution in [2.45, 2.75) is 25.8 Å². The van der Waals surface area contributed by atoms with E-state index in [0.29, 0.717) is 23.5 Å². The molecule has 2 unspecified atom stereocenters. The maximum atomic E-state index is 14.1. The average molecular weight is 421 g/mol. The van der Waals surface area contributed by atoms with Crippen LogP contribution in [0, 0.1) is 18.3 Å². The highest BCUT2D eigenvalue weighted by Crippen LogP contribution is 2.54.